The van der Waals surface area contributed by atoms with E-state index in [1.807, 2.05) is 0 Å². The van der Waals surface area contributed by atoms with Crippen LogP contribution < -0.4 is 0 Å². The third-order valence-corrected chi connectivity index (χ3v) is 3.71. The molecule has 0 heterocycles. The van der Waals surface area contributed by atoms with Crippen molar-refractivity contribution in [2.45, 2.75) is 19.3 Å². The van der Waals surface area contributed by atoms with E-state index in [-0.39, 0.29) is 12.8 Å². The van der Waals surface area contributed by atoms with Crippen LogP contribution in [0.5, 0.6) is 0 Å². The van der Waals surface area contributed by atoms with Gasteiger partial charge in [0.15, 0.2) is 0 Å². The van der Waals surface area contributed by atoms with Crippen LogP contribution >= 0.6 is 23.5 Å². The highest BCUT2D eigenvalue weighted by Crippen LogP contribution is 2.14. The molecule has 0 saturated heterocycles. The first-order valence-electron chi connectivity index (χ1n) is 4.22. The Hall–Kier alpha value is -0.360. The average Bonchev–Trinajstić information content (AvgIpc) is 2.08. The second kappa shape index (κ2) is 9.21. The van der Waals surface area contributed by atoms with Crippen molar-refractivity contribution >= 4 is 35.5 Å². The van der Waals surface area contributed by atoms with Crippen LogP contribution in [0.25, 0.3) is 0 Å². The standard InChI is InChI=1S/C8H14O4S2/c9-7(10)2-1-4-13-6-14-5-3-8(11)12/h1-6H2,(H,9,10)(H,11,12). The Balaban J connectivity index is 2.99. The van der Waals surface area contributed by atoms with E-state index in [2.05, 4.69) is 0 Å². The average molecular weight is 238 g/mol. The van der Waals surface area contributed by atoms with Crippen LogP contribution in [-0.4, -0.2) is 38.7 Å². The number of hydrogen-bond donors (Lipinski definition) is 2. The number of carbonyl (C=O) groups is 2. The summed E-state index contributed by atoms with van der Waals surface area (Å²) in [5.41, 5.74) is 0. The molecule has 0 aliphatic carbocycles. The molecule has 4 nitrogen and oxygen atoms in total. The molecule has 0 radical (unpaired) electrons. The third-order valence-electron chi connectivity index (χ3n) is 1.31. The zero-order chi connectivity index (χ0) is 10.8. The lowest BCUT2D eigenvalue weighted by Gasteiger charge is -1.99. The summed E-state index contributed by atoms with van der Waals surface area (Å²) in [5.74, 6) is -0.0781. The van der Waals surface area contributed by atoms with Gasteiger partial charge in [0, 0.05) is 17.3 Å². The minimum absolute atomic E-state index is 0.195. The van der Waals surface area contributed by atoms with Crippen LogP contribution in [0, 0.1) is 0 Å². The van der Waals surface area contributed by atoms with Gasteiger partial charge in [0.1, 0.15) is 0 Å². The molecule has 6 heteroatoms. The predicted octanol–water partition coefficient (Wildman–Crippen LogP) is 1.75. The molecule has 0 atom stereocenters. The summed E-state index contributed by atoms with van der Waals surface area (Å²) in [6.45, 7) is 0. The summed E-state index contributed by atoms with van der Waals surface area (Å²) in [6.07, 6.45) is 1.09. The lowest BCUT2D eigenvalue weighted by atomic mass is 10.3. The molecule has 0 aliphatic rings. The first-order valence-corrected chi connectivity index (χ1v) is 6.53. The van der Waals surface area contributed by atoms with Gasteiger partial charge in [0.25, 0.3) is 0 Å². The molecule has 82 valence electrons. The maximum atomic E-state index is 10.1. The zero-order valence-corrected chi connectivity index (χ0v) is 9.40. The maximum absolute atomic E-state index is 10.1. The fraction of sp³-hybridized carbons (Fsp3) is 0.750. The number of thioether (sulfide) groups is 2. The van der Waals surface area contributed by atoms with Gasteiger partial charge in [-0.25, -0.2) is 0 Å². The quantitative estimate of drug-likeness (QED) is 0.471. The highest BCUT2D eigenvalue weighted by Gasteiger charge is 1.98. The van der Waals surface area contributed by atoms with Gasteiger partial charge in [-0.2, -0.15) is 23.5 Å². The molecule has 0 unspecified atom stereocenters. The molecule has 0 aromatic rings. The number of hydrogen-bond acceptors (Lipinski definition) is 4. The van der Waals surface area contributed by atoms with E-state index in [1.165, 1.54) is 0 Å². The first kappa shape index (κ1) is 13.6. The van der Waals surface area contributed by atoms with Crippen LogP contribution in [0.1, 0.15) is 19.3 Å². The third kappa shape index (κ3) is 11.6. The largest absolute Gasteiger partial charge is 0.481 e. The fourth-order valence-electron chi connectivity index (χ4n) is 0.662. The van der Waals surface area contributed by atoms with Crippen LogP contribution in [0.4, 0.5) is 0 Å². The van der Waals surface area contributed by atoms with Crippen molar-refractivity contribution in [2.75, 3.05) is 16.6 Å². The van der Waals surface area contributed by atoms with E-state index in [4.69, 9.17) is 10.2 Å². The van der Waals surface area contributed by atoms with Crippen molar-refractivity contribution in [3.63, 3.8) is 0 Å². The molecule has 0 aromatic heterocycles. The summed E-state index contributed by atoms with van der Waals surface area (Å²) in [6, 6.07) is 0. The summed E-state index contributed by atoms with van der Waals surface area (Å²) < 4.78 is 0. The second-order valence-corrected chi connectivity index (χ2v) is 5.15. The topological polar surface area (TPSA) is 74.6 Å². The highest BCUT2D eigenvalue weighted by molar-refractivity contribution is 8.15. The minimum Gasteiger partial charge on any atom is -0.481 e. The Morgan fingerprint density at radius 3 is 2.07 bits per heavy atom. The van der Waals surface area contributed by atoms with Crippen molar-refractivity contribution in [3.05, 3.63) is 0 Å². The summed E-state index contributed by atoms with van der Waals surface area (Å²) >= 11 is 3.23. The SMILES string of the molecule is O=C(O)CCCSCSCCC(=O)O. The summed E-state index contributed by atoms with van der Waals surface area (Å²) in [5, 5.41) is 17.5. The van der Waals surface area contributed by atoms with E-state index in [9.17, 15) is 9.59 Å². The molecule has 0 spiro atoms. The maximum Gasteiger partial charge on any atom is 0.304 e. The fourth-order valence-corrected chi connectivity index (χ4v) is 2.74. The molecular formula is C8H14O4S2. The molecular weight excluding hydrogens is 224 g/mol. The Morgan fingerprint density at radius 1 is 0.929 bits per heavy atom. The lowest BCUT2D eigenvalue weighted by molar-refractivity contribution is -0.137. The predicted molar refractivity (Wildman–Crippen MR) is 58.9 cm³/mol. The van der Waals surface area contributed by atoms with Crippen LogP contribution in [0.2, 0.25) is 0 Å². The van der Waals surface area contributed by atoms with Crippen molar-refractivity contribution < 1.29 is 19.8 Å². The Labute approximate surface area is 91.5 Å². The number of carboxylic acids is 2. The van der Waals surface area contributed by atoms with E-state index in [1.54, 1.807) is 23.5 Å². The van der Waals surface area contributed by atoms with E-state index in [0.717, 1.165) is 10.8 Å². The van der Waals surface area contributed by atoms with E-state index in [0.29, 0.717) is 12.2 Å². The van der Waals surface area contributed by atoms with Gasteiger partial charge in [-0.3, -0.25) is 9.59 Å². The molecule has 2 N–H and O–H groups in total. The smallest absolute Gasteiger partial charge is 0.304 e. The summed E-state index contributed by atoms with van der Waals surface area (Å²) in [4.78, 5) is 20.3. The van der Waals surface area contributed by atoms with Gasteiger partial charge in [0.05, 0.1) is 6.42 Å². The molecule has 0 fully saturated rings. The van der Waals surface area contributed by atoms with Crippen LogP contribution in [0.15, 0.2) is 0 Å². The second-order valence-electron chi connectivity index (χ2n) is 2.58. The molecule has 0 aromatic carbocycles. The number of carboxylic acid groups (broad SMARTS) is 2. The Bertz CT molecular complexity index is 164. The van der Waals surface area contributed by atoms with Gasteiger partial charge in [-0.1, -0.05) is 0 Å². The van der Waals surface area contributed by atoms with Gasteiger partial charge < -0.3 is 10.2 Å². The first-order chi connectivity index (χ1) is 6.63. The van der Waals surface area contributed by atoms with Crippen molar-refractivity contribution in [2.24, 2.45) is 0 Å². The Kier molecular flexibility index (Phi) is 8.97. The van der Waals surface area contributed by atoms with Gasteiger partial charge in [-0.05, 0) is 12.2 Å². The van der Waals surface area contributed by atoms with Crippen molar-refractivity contribution in [3.8, 4) is 0 Å². The van der Waals surface area contributed by atoms with Crippen LogP contribution in [0.3, 0.4) is 0 Å². The molecule has 0 aliphatic heterocycles. The van der Waals surface area contributed by atoms with Gasteiger partial charge in [0.2, 0.25) is 0 Å². The lowest BCUT2D eigenvalue weighted by Crippen LogP contribution is -1.97. The number of aliphatic carboxylic acids is 2. The summed E-state index contributed by atoms with van der Waals surface area (Å²) in [7, 11) is 0. The number of rotatable bonds is 9. The molecule has 0 saturated carbocycles. The molecule has 0 amide bonds. The minimum atomic E-state index is -0.770. The van der Waals surface area contributed by atoms with Gasteiger partial charge in [-0.15, -0.1) is 0 Å². The highest BCUT2D eigenvalue weighted by atomic mass is 32.2. The molecule has 0 rings (SSSR count). The van der Waals surface area contributed by atoms with Gasteiger partial charge >= 0.3 is 11.9 Å². The monoisotopic (exact) mass is 238 g/mol. The molecule has 14 heavy (non-hydrogen) atoms. The van der Waals surface area contributed by atoms with Crippen molar-refractivity contribution in [1.82, 2.24) is 0 Å². The van der Waals surface area contributed by atoms with E-state index >= 15 is 0 Å². The van der Waals surface area contributed by atoms with Crippen molar-refractivity contribution in [1.29, 1.82) is 0 Å². The van der Waals surface area contributed by atoms with E-state index < -0.39 is 11.9 Å². The van der Waals surface area contributed by atoms with Crippen LogP contribution in [-0.2, 0) is 9.59 Å². The molecule has 0 bridgehead atoms. The zero-order valence-electron chi connectivity index (χ0n) is 7.77. The Morgan fingerprint density at radius 2 is 1.50 bits per heavy atom. The normalized spacial score (nSPS) is 10.0.